The lowest BCUT2D eigenvalue weighted by molar-refractivity contribution is 0.250. The Labute approximate surface area is 140 Å². The largest absolute Gasteiger partial charge is 0.372 e. The van der Waals surface area contributed by atoms with E-state index in [1.165, 1.54) is 12.5 Å². The van der Waals surface area contributed by atoms with Crippen LogP contribution in [0.25, 0.3) is 0 Å². The highest BCUT2D eigenvalue weighted by Crippen LogP contribution is 2.23. The van der Waals surface area contributed by atoms with E-state index >= 15 is 0 Å². The van der Waals surface area contributed by atoms with Gasteiger partial charge in [-0.2, -0.15) is 0 Å². The van der Waals surface area contributed by atoms with Crippen LogP contribution in [0.4, 0.5) is 27.8 Å². The first kappa shape index (κ1) is 17.2. The first-order valence-corrected chi connectivity index (χ1v) is 7.51. The number of aromatic nitrogens is 2. The van der Waals surface area contributed by atoms with Crippen molar-refractivity contribution in [2.45, 2.75) is 19.9 Å². The number of carbonyl (C=O) groups is 1. The van der Waals surface area contributed by atoms with Crippen molar-refractivity contribution < 1.29 is 4.79 Å². The summed E-state index contributed by atoms with van der Waals surface area (Å²) in [6, 6.07) is 7.04. The molecule has 0 saturated heterocycles. The van der Waals surface area contributed by atoms with Gasteiger partial charge >= 0.3 is 6.03 Å². The fraction of sp³-hybridized carbons (Fsp3) is 0.250. The number of rotatable bonds is 6. The Morgan fingerprint density at radius 2 is 1.92 bits per heavy atom. The Morgan fingerprint density at radius 1 is 1.21 bits per heavy atom. The lowest BCUT2D eigenvalue weighted by atomic mass is 10.2. The number of benzene rings is 1. The summed E-state index contributed by atoms with van der Waals surface area (Å²) in [5.74, 6) is 1.07. The van der Waals surface area contributed by atoms with Crippen LogP contribution in [0.15, 0.2) is 30.6 Å². The molecule has 0 bridgehead atoms. The molecule has 8 nitrogen and oxygen atoms in total. The molecule has 1 aromatic carbocycles. The maximum Gasteiger partial charge on any atom is 0.319 e. The molecule has 24 heavy (non-hydrogen) atoms. The van der Waals surface area contributed by atoms with Crippen LogP contribution in [0, 0.1) is 5.41 Å². The van der Waals surface area contributed by atoms with Crippen LogP contribution in [-0.4, -0.2) is 35.3 Å². The highest BCUT2D eigenvalue weighted by atomic mass is 16.2. The average molecular weight is 327 g/mol. The molecular formula is C16H21N7O. The highest BCUT2D eigenvalue weighted by molar-refractivity contribution is 5.92. The van der Waals surface area contributed by atoms with Crippen molar-refractivity contribution in [3.05, 3.63) is 36.2 Å². The minimum Gasteiger partial charge on any atom is -0.372 e. The predicted octanol–water partition coefficient (Wildman–Crippen LogP) is 2.79. The molecule has 5 N–H and O–H groups in total. The molecule has 0 saturated carbocycles. The number of anilines is 4. The molecule has 0 spiro atoms. The zero-order valence-electron chi connectivity index (χ0n) is 13.8. The molecule has 0 atom stereocenters. The van der Waals surface area contributed by atoms with E-state index in [0.717, 1.165) is 5.69 Å². The van der Waals surface area contributed by atoms with Crippen LogP contribution in [0.1, 0.15) is 19.4 Å². The van der Waals surface area contributed by atoms with Gasteiger partial charge in [0.15, 0.2) is 0 Å². The van der Waals surface area contributed by atoms with Gasteiger partial charge in [-0.3, -0.25) is 0 Å². The van der Waals surface area contributed by atoms with E-state index in [4.69, 9.17) is 5.41 Å². The molecule has 1 heterocycles. The van der Waals surface area contributed by atoms with Crippen molar-refractivity contribution in [3.63, 3.8) is 0 Å². The highest BCUT2D eigenvalue weighted by Gasteiger charge is 2.09. The Bertz CT molecular complexity index is 730. The molecule has 2 rings (SSSR count). The smallest absolute Gasteiger partial charge is 0.319 e. The van der Waals surface area contributed by atoms with Crippen LogP contribution >= 0.6 is 0 Å². The van der Waals surface area contributed by atoms with Crippen molar-refractivity contribution >= 4 is 35.3 Å². The molecule has 0 radical (unpaired) electrons. The first-order valence-electron chi connectivity index (χ1n) is 7.51. The Morgan fingerprint density at radius 3 is 2.58 bits per heavy atom. The number of hydrogen-bond donors (Lipinski definition) is 5. The van der Waals surface area contributed by atoms with E-state index < -0.39 is 0 Å². The molecular weight excluding hydrogens is 306 g/mol. The molecule has 0 aliphatic heterocycles. The average Bonchev–Trinajstić information content (AvgIpc) is 2.54. The van der Waals surface area contributed by atoms with E-state index in [0.29, 0.717) is 22.9 Å². The third kappa shape index (κ3) is 4.42. The third-order valence-corrected chi connectivity index (χ3v) is 3.07. The molecule has 2 amide bonds. The number of urea groups is 1. The monoisotopic (exact) mass is 327 g/mol. The third-order valence-electron chi connectivity index (χ3n) is 3.07. The standard InChI is InChI=1S/C16H21N7O/c1-10(2)21-16(24)23-12-6-4-5-11(7-12)22-15-13(8-17)14(18-3)19-9-20-15/h4-10,17H,1-3H3,(H2,21,23,24)(H2,18,19,20,22). The van der Waals surface area contributed by atoms with Gasteiger partial charge in [0.1, 0.15) is 18.0 Å². The van der Waals surface area contributed by atoms with Crippen molar-refractivity contribution in [2.75, 3.05) is 23.0 Å². The first-order chi connectivity index (χ1) is 11.5. The number of carbonyl (C=O) groups excluding carboxylic acids is 1. The summed E-state index contributed by atoms with van der Waals surface area (Å²) in [6.45, 7) is 3.79. The van der Waals surface area contributed by atoms with E-state index in [2.05, 4.69) is 31.2 Å². The number of amides is 2. The van der Waals surface area contributed by atoms with Crippen molar-refractivity contribution in [1.82, 2.24) is 15.3 Å². The molecule has 0 fully saturated rings. The lowest BCUT2D eigenvalue weighted by Gasteiger charge is -2.13. The number of nitrogens with one attached hydrogen (secondary N) is 5. The number of hydrogen-bond acceptors (Lipinski definition) is 6. The van der Waals surface area contributed by atoms with Gasteiger partial charge < -0.3 is 26.7 Å². The van der Waals surface area contributed by atoms with Gasteiger partial charge in [0.25, 0.3) is 0 Å². The van der Waals surface area contributed by atoms with Crippen LogP contribution < -0.4 is 21.3 Å². The second-order valence-corrected chi connectivity index (χ2v) is 5.34. The van der Waals surface area contributed by atoms with E-state index in [1.54, 1.807) is 19.2 Å². The SMILES string of the molecule is CNc1ncnc(Nc2cccc(NC(=O)NC(C)C)c2)c1C=N. The molecule has 0 aliphatic carbocycles. The predicted molar refractivity (Wildman–Crippen MR) is 96.5 cm³/mol. The fourth-order valence-corrected chi connectivity index (χ4v) is 2.07. The quantitative estimate of drug-likeness (QED) is 0.523. The maximum absolute atomic E-state index is 11.8. The van der Waals surface area contributed by atoms with Gasteiger partial charge in [-0.15, -0.1) is 0 Å². The summed E-state index contributed by atoms with van der Waals surface area (Å²) in [4.78, 5) is 20.0. The summed E-state index contributed by atoms with van der Waals surface area (Å²) < 4.78 is 0. The summed E-state index contributed by atoms with van der Waals surface area (Å²) in [7, 11) is 1.73. The van der Waals surface area contributed by atoms with Gasteiger partial charge in [-0.25, -0.2) is 14.8 Å². The van der Waals surface area contributed by atoms with E-state index in [-0.39, 0.29) is 12.1 Å². The van der Waals surface area contributed by atoms with Crippen molar-refractivity contribution in [3.8, 4) is 0 Å². The van der Waals surface area contributed by atoms with Crippen molar-refractivity contribution in [1.29, 1.82) is 5.41 Å². The van der Waals surface area contributed by atoms with E-state index in [9.17, 15) is 4.79 Å². The lowest BCUT2D eigenvalue weighted by Crippen LogP contribution is -2.34. The molecule has 2 aromatic rings. The molecule has 0 unspecified atom stereocenters. The van der Waals surface area contributed by atoms with E-state index in [1.807, 2.05) is 26.0 Å². The summed E-state index contributed by atoms with van der Waals surface area (Å²) in [5, 5.41) is 19.1. The molecule has 0 aliphatic rings. The normalized spacial score (nSPS) is 10.2. The van der Waals surface area contributed by atoms with Crippen LogP contribution in [0.3, 0.4) is 0 Å². The van der Waals surface area contributed by atoms with Gasteiger partial charge in [0, 0.05) is 30.7 Å². The maximum atomic E-state index is 11.8. The fourth-order valence-electron chi connectivity index (χ4n) is 2.07. The Kier molecular flexibility index (Phi) is 5.67. The zero-order chi connectivity index (χ0) is 17.5. The summed E-state index contributed by atoms with van der Waals surface area (Å²) >= 11 is 0. The Balaban J connectivity index is 2.18. The van der Waals surface area contributed by atoms with Crippen LogP contribution in [0.2, 0.25) is 0 Å². The minimum atomic E-state index is -0.262. The summed E-state index contributed by atoms with van der Waals surface area (Å²) in [6.07, 6.45) is 2.60. The van der Waals surface area contributed by atoms with Gasteiger partial charge in [0.2, 0.25) is 0 Å². The van der Waals surface area contributed by atoms with Crippen molar-refractivity contribution in [2.24, 2.45) is 0 Å². The minimum absolute atomic E-state index is 0.0578. The second kappa shape index (κ2) is 7.91. The topological polar surface area (TPSA) is 115 Å². The van der Waals surface area contributed by atoms with Gasteiger partial charge in [0.05, 0.1) is 5.56 Å². The second-order valence-electron chi connectivity index (χ2n) is 5.34. The molecule has 8 heteroatoms. The van der Waals surface area contributed by atoms with Gasteiger partial charge in [-0.05, 0) is 32.0 Å². The molecule has 126 valence electrons. The van der Waals surface area contributed by atoms with Crippen LogP contribution in [0.5, 0.6) is 0 Å². The summed E-state index contributed by atoms with van der Waals surface area (Å²) in [5.41, 5.74) is 1.94. The molecule has 1 aromatic heterocycles. The van der Waals surface area contributed by atoms with Gasteiger partial charge in [-0.1, -0.05) is 6.07 Å². The Hall–Kier alpha value is -3.16. The number of nitrogens with zero attached hydrogens (tertiary/aromatic N) is 2. The van der Waals surface area contributed by atoms with Crippen LogP contribution in [-0.2, 0) is 0 Å². The zero-order valence-corrected chi connectivity index (χ0v) is 13.8.